The van der Waals surface area contributed by atoms with E-state index in [0.29, 0.717) is 21.9 Å². The van der Waals surface area contributed by atoms with E-state index in [-0.39, 0.29) is 23.3 Å². The number of nitrogens with zero attached hydrogens (tertiary/aromatic N) is 3. The number of hydrogen-bond acceptors (Lipinski definition) is 5. The molecule has 1 aliphatic carbocycles. The van der Waals surface area contributed by atoms with Gasteiger partial charge >= 0.3 is 0 Å². The number of halogens is 2. The largest absolute Gasteiger partial charge is 0.482 e. The highest BCUT2D eigenvalue weighted by atomic mass is 35.5. The van der Waals surface area contributed by atoms with Gasteiger partial charge in [0, 0.05) is 34.1 Å². The average Bonchev–Trinajstić information content (AvgIpc) is 3.16. The fourth-order valence-electron chi connectivity index (χ4n) is 4.48. The lowest BCUT2D eigenvalue weighted by molar-refractivity contribution is 0.0178. The quantitative estimate of drug-likeness (QED) is 0.531. The van der Waals surface area contributed by atoms with E-state index < -0.39 is 6.10 Å². The predicted octanol–water partition coefficient (Wildman–Crippen LogP) is 5.48. The van der Waals surface area contributed by atoms with Gasteiger partial charge in [-0.25, -0.2) is 9.37 Å². The first-order valence-corrected chi connectivity index (χ1v) is 11.3. The average molecular weight is 457 g/mol. The number of aromatic nitrogens is 3. The fourth-order valence-corrected chi connectivity index (χ4v) is 4.84. The standard InChI is InChI=1S/C24H26ClFN4O2/c1-14-20(26)4-3-19(25)22(14)15(2)31-21-9-16(10-28-23(21)27)17-11-29-30(12-17)13-18-5-6-24(32-18)7-8-24/h3-4,9-12,15,18H,5-8,13H2,1-2H3,(H2,27,28)/t15-,18-/m1/s1. The molecule has 5 rings (SSSR count). The number of benzene rings is 1. The highest BCUT2D eigenvalue weighted by Gasteiger charge is 2.49. The van der Waals surface area contributed by atoms with Crippen LogP contribution in [-0.4, -0.2) is 26.5 Å². The molecular formula is C24H26ClFN4O2. The van der Waals surface area contributed by atoms with E-state index >= 15 is 0 Å². The Morgan fingerprint density at radius 3 is 2.88 bits per heavy atom. The van der Waals surface area contributed by atoms with Crippen molar-refractivity contribution in [3.8, 4) is 16.9 Å². The van der Waals surface area contributed by atoms with E-state index in [1.165, 1.54) is 25.0 Å². The van der Waals surface area contributed by atoms with Crippen LogP contribution in [0.1, 0.15) is 49.8 Å². The third-order valence-electron chi connectivity index (χ3n) is 6.49. The molecule has 1 spiro atoms. The highest BCUT2D eigenvalue weighted by molar-refractivity contribution is 6.31. The van der Waals surface area contributed by atoms with Crippen LogP contribution in [0, 0.1) is 12.7 Å². The normalized spacial score (nSPS) is 19.9. The van der Waals surface area contributed by atoms with Gasteiger partial charge in [-0.05, 0) is 63.3 Å². The molecule has 0 unspecified atom stereocenters. The zero-order valence-electron chi connectivity index (χ0n) is 18.1. The summed E-state index contributed by atoms with van der Waals surface area (Å²) in [5.74, 6) is 0.343. The zero-order chi connectivity index (χ0) is 22.5. The summed E-state index contributed by atoms with van der Waals surface area (Å²) < 4.78 is 28.2. The topological polar surface area (TPSA) is 75.2 Å². The lowest BCUT2D eigenvalue weighted by Gasteiger charge is -2.20. The maximum atomic E-state index is 14.0. The van der Waals surface area contributed by atoms with Gasteiger partial charge in [0.15, 0.2) is 11.6 Å². The lowest BCUT2D eigenvalue weighted by atomic mass is 10.0. The van der Waals surface area contributed by atoms with Gasteiger partial charge in [-0.3, -0.25) is 4.68 Å². The van der Waals surface area contributed by atoms with Crippen LogP contribution in [0.2, 0.25) is 5.02 Å². The number of nitrogen functional groups attached to an aromatic ring is 1. The smallest absolute Gasteiger partial charge is 0.166 e. The molecule has 2 aromatic heterocycles. The number of nitrogens with two attached hydrogens (primary N) is 1. The molecule has 1 aliphatic heterocycles. The molecule has 0 amide bonds. The molecule has 168 valence electrons. The van der Waals surface area contributed by atoms with Crippen LogP contribution >= 0.6 is 11.6 Å². The molecule has 1 saturated carbocycles. The van der Waals surface area contributed by atoms with E-state index in [4.69, 9.17) is 26.8 Å². The van der Waals surface area contributed by atoms with E-state index in [9.17, 15) is 4.39 Å². The Balaban J connectivity index is 1.33. The first-order chi connectivity index (χ1) is 15.3. The van der Waals surface area contributed by atoms with Crippen LogP contribution < -0.4 is 10.5 Å². The number of rotatable bonds is 6. The SMILES string of the molecule is Cc1c(F)ccc(Cl)c1[C@@H](C)Oc1cc(-c2cnn(C[C@H]3CCC4(CC4)O3)c2)cnc1N. The molecule has 2 N–H and O–H groups in total. The molecular weight excluding hydrogens is 431 g/mol. The van der Waals surface area contributed by atoms with Gasteiger partial charge in [0.05, 0.1) is 24.4 Å². The van der Waals surface area contributed by atoms with E-state index in [1.807, 2.05) is 23.9 Å². The summed E-state index contributed by atoms with van der Waals surface area (Å²) in [6.45, 7) is 4.23. The van der Waals surface area contributed by atoms with Gasteiger partial charge in [-0.1, -0.05) is 11.6 Å². The van der Waals surface area contributed by atoms with Crippen molar-refractivity contribution in [1.29, 1.82) is 0 Å². The molecule has 2 atom stereocenters. The summed E-state index contributed by atoms with van der Waals surface area (Å²) in [5, 5.41) is 4.94. The van der Waals surface area contributed by atoms with Crippen LogP contribution in [-0.2, 0) is 11.3 Å². The molecule has 32 heavy (non-hydrogen) atoms. The van der Waals surface area contributed by atoms with Gasteiger partial charge in [-0.2, -0.15) is 5.10 Å². The first-order valence-electron chi connectivity index (χ1n) is 10.9. The van der Waals surface area contributed by atoms with Gasteiger partial charge in [-0.15, -0.1) is 0 Å². The van der Waals surface area contributed by atoms with Crippen molar-refractivity contribution in [1.82, 2.24) is 14.8 Å². The van der Waals surface area contributed by atoms with Crippen LogP contribution in [0.3, 0.4) is 0 Å². The zero-order valence-corrected chi connectivity index (χ0v) is 18.9. The third-order valence-corrected chi connectivity index (χ3v) is 6.82. The highest BCUT2D eigenvalue weighted by Crippen LogP contribution is 2.49. The second kappa shape index (κ2) is 8.05. The fraction of sp³-hybridized carbons (Fsp3) is 0.417. The summed E-state index contributed by atoms with van der Waals surface area (Å²) in [6.07, 6.45) is 9.80. The predicted molar refractivity (Wildman–Crippen MR) is 121 cm³/mol. The lowest BCUT2D eigenvalue weighted by Crippen LogP contribution is -2.18. The first kappa shape index (κ1) is 21.2. The molecule has 2 aliphatic rings. The van der Waals surface area contributed by atoms with E-state index in [2.05, 4.69) is 10.1 Å². The summed E-state index contributed by atoms with van der Waals surface area (Å²) in [4.78, 5) is 4.29. The Hall–Kier alpha value is -2.64. The minimum absolute atomic E-state index is 0.174. The molecule has 1 aromatic carbocycles. The third kappa shape index (κ3) is 4.07. The molecule has 6 nitrogen and oxygen atoms in total. The summed E-state index contributed by atoms with van der Waals surface area (Å²) >= 11 is 6.31. The van der Waals surface area contributed by atoms with Gasteiger partial charge in [0.2, 0.25) is 0 Å². The molecule has 0 radical (unpaired) electrons. The number of pyridine rings is 1. The summed E-state index contributed by atoms with van der Waals surface area (Å²) in [6, 6.07) is 4.71. The second-order valence-corrected chi connectivity index (χ2v) is 9.26. The Kier molecular flexibility index (Phi) is 5.34. The monoisotopic (exact) mass is 456 g/mol. The minimum atomic E-state index is -0.505. The molecule has 1 saturated heterocycles. The van der Waals surface area contributed by atoms with E-state index in [0.717, 1.165) is 30.5 Å². The van der Waals surface area contributed by atoms with Crippen molar-refractivity contribution < 1.29 is 13.9 Å². The maximum Gasteiger partial charge on any atom is 0.166 e. The van der Waals surface area contributed by atoms with Gasteiger partial charge in [0.25, 0.3) is 0 Å². The van der Waals surface area contributed by atoms with Crippen molar-refractivity contribution in [3.63, 3.8) is 0 Å². The van der Waals surface area contributed by atoms with Gasteiger partial charge in [0.1, 0.15) is 11.9 Å². The molecule has 2 fully saturated rings. The van der Waals surface area contributed by atoms with Crippen molar-refractivity contribution in [2.24, 2.45) is 0 Å². The van der Waals surface area contributed by atoms with Crippen molar-refractivity contribution in [2.75, 3.05) is 5.73 Å². The number of ether oxygens (including phenoxy) is 2. The summed E-state index contributed by atoms with van der Waals surface area (Å²) in [7, 11) is 0. The van der Waals surface area contributed by atoms with Crippen LogP contribution in [0.5, 0.6) is 5.75 Å². The maximum absolute atomic E-state index is 14.0. The van der Waals surface area contributed by atoms with Crippen molar-refractivity contribution in [3.05, 3.63) is 58.8 Å². The molecule has 8 heteroatoms. The van der Waals surface area contributed by atoms with E-state index in [1.54, 1.807) is 19.3 Å². The molecule has 0 bridgehead atoms. The summed E-state index contributed by atoms with van der Waals surface area (Å²) in [5.41, 5.74) is 9.03. The van der Waals surface area contributed by atoms with Crippen LogP contribution in [0.4, 0.5) is 10.2 Å². The van der Waals surface area contributed by atoms with Gasteiger partial charge < -0.3 is 15.2 Å². The van der Waals surface area contributed by atoms with Crippen LogP contribution in [0.25, 0.3) is 11.1 Å². The van der Waals surface area contributed by atoms with Crippen molar-refractivity contribution in [2.45, 2.75) is 63.9 Å². The Morgan fingerprint density at radius 2 is 2.12 bits per heavy atom. The minimum Gasteiger partial charge on any atom is -0.482 e. The molecule has 3 heterocycles. The Bertz CT molecular complexity index is 1160. The van der Waals surface area contributed by atoms with Crippen molar-refractivity contribution >= 4 is 17.4 Å². The number of anilines is 1. The molecule has 3 aromatic rings. The number of hydrogen-bond donors (Lipinski definition) is 1. The Labute approximate surface area is 191 Å². The Morgan fingerprint density at radius 1 is 1.31 bits per heavy atom. The van der Waals surface area contributed by atoms with Crippen LogP contribution in [0.15, 0.2) is 36.8 Å². The second-order valence-electron chi connectivity index (χ2n) is 8.85.